The third-order valence-corrected chi connectivity index (χ3v) is 3.66. The largest absolute Gasteiger partial charge is 0.496 e. The Morgan fingerprint density at radius 1 is 1.35 bits per heavy atom. The summed E-state index contributed by atoms with van der Waals surface area (Å²) in [6, 6.07) is 8.02. The Hall–Kier alpha value is -1.45. The molecule has 0 fully saturated rings. The van der Waals surface area contributed by atoms with Crippen molar-refractivity contribution in [2.45, 2.75) is 32.4 Å². The molecule has 1 heterocycles. The van der Waals surface area contributed by atoms with Crippen molar-refractivity contribution in [3.8, 4) is 5.75 Å². The summed E-state index contributed by atoms with van der Waals surface area (Å²) in [4.78, 5) is 0. The van der Waals surface area contributed by atoms with Crippen molar-refractivity contribution in [2.24, 2.45) is 5.73 Å². The van der Waals surface area contributed by atoms with Crippen LogP contribution in [0.15, 0.2) is 36.7 Å². The fourth-order valence-electron chi connectivity index (χ4n) is 2.22. The standard InChI is InChI=1S/C16H21ClN2O/c1-3-15(18)8-12-6-7-19(10-12)11-13-9-14(17)4-5-16(13)20-2/h4-7,9-10,15H,3,8,11,18H2,1-2H3. The zero-order valence-corrected chi connectivity index (χ0v) is 12.7. The molecular formula is C16H21ClN2O. The number of rotatable bonds is 6. The lowest BCUT2D eigenvalue weighted by Crippen LogP contribution is -2.21. The van der Waals surface area contributed by atoms with Crippen molar-refractivity contribution in [1.82, 2.24) is 4.57 Å². The molecule has 2 N–H and O–H groups in total. The number of ether oxygens (including phenoxy) is 1. The first-order valence-electron chi connectivity index (χ1n) is 6.85. The maximum Gasteiger partial charge on any atom is 0.123 e. The van der Waals surface area contributed by atoms with Crippen LogP contribution >= 0.6 is 11.6 Å². The fraction of sp³-hybridized carbons (Fsp3) is 0.375. The molecule has 0 saturated carbocycles. The number of benzene rings is 1. The molecule has 1 unspecified atom stereocenters. The van der Waals surface area contributed by atoms with E-state index in [0.29, 0.717) is 0 Å². The van der Waals surface area contributed by atoms with E-state index >= 15 is 0 Å². The van der Waals surface area contributed by atoms with Crippen molar-refractivity contribution < 1.29 is 4.74 Å². The zero-order chi connectivity index (χ0) is 14.5. The number of hydrogen-bond acceptors (Lipinski definition) is 2. The van der Waals surface area contributed by atoms with Gasteiger partial charge in [0.25, 0.3) is 0 Å². The van der Waals surface area contributed by atoms with Gasteiger partial charge in [-0.05, 0) is 42.7 Å². The maximum atomic E-state index is 6.05. The second-order valence-corrected chi connectivity index (χ2v) is 5.46. The molecule has 0 saturated heterocycles. The lowest BCUT2D eigenvalue weighted by Gasteiger charge is -2.10. The molecule has 1 aromatic carbocycles. The number of hydrogen-bond donors (Lipinski definition) is 1. The Kier molecular flexibility index (Phi) is 5.10. The highest BCUT2D eigenvalue weighted by Crippen LogP contribution is 2.23. The molecule has 0 aliphatic heterocycles. The highest BCUT2D eigenvalue weighted by Gasteiger charge is 2.07. The van der Waals surface area contributed by atoms with Crippen LogP contribution in [0.25, 0.3) is 0 Å². The number of nitrogens with two attached hydrogens (primary N) is 1. The molecule has 0 aliphatic rings. The van der Waals surface area contributed by atoms with E-state index < -0.39 is 0 Å². The Bertz CT molecular complexity index is 565. The van der Waals surface area contributed by atoms with Gasteiger partial charge in [0.1, 0.15) is 5.75 Å². The number of halogens is 1. The first kappa shape index (κ1) is 14.9. The van der Waals surface area contributed by atoms with Crippen LogP contribution in [0.3, 0.4) is 0 Å². The van der Waals surface area contributed by atoms with Crippen LogP contribution < -0.4 is 10.5 Å². The zero-order valence-electron chi connectivity index (χ0n) is 12.0. The number of nitrogens with zero attached hydrogens (tertiary/aromatic N) is 1. The lowest BCUT2D eigenvalue weighted by molar-refractivity contribution is 0.408. The van der Waals surface area contributed by atoms with E-state index in [1.807, 2.05) is 18.2 Å². The molecule has 2 rings (SSSR count). The normalized spacial score (nSPS) is 12.4. The van der Waals surface area contributed by atoms with Crippen LogP contribution in [-0.4, -0.2) is 17.7 Å². The molecule has 2 aromatic rings. The Morgan fingerprint density at radius 2 is 2.15 bits per heavy atom. The smallest absolute Gasteiger partial charge is 0.123 e. The second kappa shape index (κ2) is 6.82. The van der Waals surface area contributed by atoms with Crippen molar-refractivity contribution in [3.63, 3.8) is 0 Å². The van der Waals surface area contributed by atoms with E-state index in [2.05, 4.69) is 30.0 Å². The van der Waals surface area contributed by atoms with Gasteiger partial charge >= 0.3 is 0 Å². The molecule has 20 heavy (non-hydrogen) atoms. The van der Waals surface area contributed by atoms with Crippen LogP contribution in [0, 0.1) is 0 Å². The van der Waals surface area contributed by atoms with E-state index in [-0.39, 0.29) is 6.04 Å². The average Bonchev–Trinajstić information content (AvgIpc) is 2.86. The summed E-state index contributed by atoms with van der Waals surface area (Å²) in [6.07, 6.45) is 6.11. The van der Waals surface area contributed by atoms with Gasteiger partial charge in [-0.3, -0.25) is 0 Å². The fourth-order valence-corrected chi connectivity index (χ4v) is 2.42. The summed E-state index contributed by atoms with van der Waals surface area (Å²) < 4.78 is 7.50. The Morgan fingerprint density at radius 3 is 2.85 bits per heavy atom. The molecule has 0 radical (unpaired) electrons. The summed E-state index contributed by atoms with van der Waals surface area (Å²) in [5.41, 5.74) is 8.32. The van der Waals surface area contributed by atoms with E-state index in [4.69, 9.17) is 22.1 Å². The first-order valence-corrected chi connectivity index (χ1v) is 7.22. The molecular weight excluding hydrogens is 272 g/mol. The summed E-state index contributed by atoms with van der Waals surface area (Å²) >= 11 is 6.05. The number of aromatic nitrogens is 1. The van der Waals surface area contributed by atoms with E-state index in [1.54, 1.807) is 7.11 Å². The predicted molar refractivity (Wildman–Crippen MR) is 83.5 cm³/mol. The second-order valence-electron chi connectivity index (χ2n) is 5.02. The minimum Gasteiger partial charge on any atom is -0.496 e. The highest BCUT2D eigenvalue weighted by molar-refractivity contribution is 6.30. The van der Waals surface area contributed by atoms with Crippen LogP contribution in [0.2, 0.25) is 5.02 Å². The third-order valence-electron chi connectivity index (χ3n) is 3.43. The molecule has 4 heteroatoms. The van der Waals surface area contributed by atoms with Crippen molar-refractivity contribution in [1.29, 1.82) is 0 Å². The summed E-state index contributed by atoms with van der Waals surface area (Å²) in [6.45, 7) is 2.85. The predicted octanol–water partition coefficient (Wildman–Crippen LogP) is 3.48. The Labute approximate surface area is 125 Å². The van der Waals surface area contributed by atoms with Gasteiger partial charge in [0.05, 0.1) is 13.7 Å². The molecule has 0 amide bonds. The van der Waals surface area contributed by atoms with Gasteiger partial charge in [0.15, 0.2) is 0 Å². The van der Waals surface area contributed by atoms with Crippen LogP contribution in [0.1, 0.15) is 24.5 Å². The highest BCUT2D eigenvalue weighted by atomic mass is 35.5. The molecule has 0 bridgehead atoms. The minimum atomic E-state index is 0.228. The van der Waals surface area contributed by atoms with Crippen molar-refractivity contribution in [3.05, 3.63) is 52.8 Å². The molecule has 0 spiro atoms. The number of methoxy groups -OCH3 is 1. The van der Waals surface area contributed by atoms with Gasteiger partial charge in [-0.1, -0.05) is 18.5 Å². The van der Waals surface area contributed by atoms with Gasteiger partial charge in [-0.15, -0.1) is 0 Å². The molecule has 108 valence electrons. The third kappa shape index (κ3) is 3.78. The monoisotopic (exact) mass is 292 g/mol. The van der Waals surface area contributed by atoms with E-state index in [9.17, 15) is 0 Å². The van der Waals surface area contributed by atoms with Gasteiger partial charge in [-0.2, -0.15) is 0 Å². The lowest BCUT2D eigenvalue weighted by atomic mass is 10.1. The summed E-state index contributed by atoms with van der Waals surface area (Å²) in [5.74, 6) is 0.856. The topological polar surface area (TPSA) is 40.2 Å². The van der Waals surface area contributed by atoms with Gasteiger partial charge in [0.2, 0.25) is 0 Å². The first-order chi connectivity index (χ1) is 9.62. The van der Waals surface area contributed by atoms with Crippen LogP contribution in [0.5, 0.6) is 5.75 Å². The van der Waals surface area contributed by atoms with Gasteiger partial charge < -0.3 is 15.0 Å². The molecule has 0 aliphatic carbocycles. The van der Waals surface area contributed by atoms with Gasteiger partial charge in [-0.25, -0.2) is 0 Å². The van der Waals surface area contributed by atoms with Crippen LogP contribution in [-0.2, 0) is 13.0 Å². The quantitative estimate of drug-likeness (QED) is 0.885. The van der Waals surface area contributed by atoms with Crippen LogP contribution in [0.4, 0.5) is 0 Å². The summed E-state index contributed by atoms with van der Waals surface area (Å²) in [5, 5.41) is 0.723. The van der Waals surface area contributed by atoms with E-state index in [0.717, 1.165) is 35.7 Å². The van der Waals surface area contributed by atoms with E-state index in [1.165, 1.54) is 5.56 Å². The van der Waals surface area contributed by atoms with Gasteiger partial charge in [0, 0.05) is 29.0 Å². The molecule has 1 aromatic heterocycles. The average molecular weight is 293 g/mol. The Balaban J connectivity index is 2.12. The van der Waals surface area contributed by atoms with Crippen molar-refractivity contribution >= 4 is 11.6 Å². The minimum absolute atomic E-state index is 0.228. The molecule has 3 nitrogen and oxygen atoms in total. The van der Waals surface area contributed by atoms with Crippen molar-refractivity contribution in [2.75, 3.05) is 7.11 Å². The SMILES string of the molecule is CCC(N)Cc1ccn(Cc2cc(Cl)ccc2OC)c1. The molecule has 1 atom stereocenters. The summed E-state index contributed by atoms with van der Waals surface area (Å²) in [7, 11) is 1.67. The maximum absolute atomic E-state index is 6.05.